The molecule has 206 valence electrons. The SMILES string of the molecule is CCOC(=O)c1ccc(C(c2ccc(C(=O)OCC)cc2)C(C(=O)OCC)c2ccc(CC(C)C)cc2)cc1. The van der Waals surface area contributed by atoms with E-state index < -0.39 is 23.8 Å². The highest BCUT2D eigenvalue weighted by Crippen LogP contribution is 2.40. The van der Waals surface area contributed by atoms with E-state index in [1.54, 1.807) is 45.0 Å². The summed E-state index contributed by atoms with van der Waals surface area (Å²) in [6.45, 7) is 10.5. The van der Waals surface area contributed by atoms with E-state index in [-0.39, 0.29) is 25.8 Å². The van der Waals surface area contributed by atoms with E-state index in [9.17, 15) is 14.4 Å². The molecule has 0 heterocycles. The van der Waals surface area contributed by atoms with Crippen LogP contribution in [0.15, 0.2) is 72.8 Å². The third-order valence-corrected chi connectivity index (χ3v) is 6.42. The Bertz CT molecular complexity index is 1170. The van der Waals surface area contributed by atoms with E-state index in [0.717, 1.165) is 23.1 Å². The molecule has 6 heteroatoms. The van der Waals surface area contributed by atoms with Crippen LogP contribution in [0, 0.1) is 5.92 Å². The fourth-order valence-corrected chi connectivity index (χ4v) is 4.69. The fraction of sp³-hybridized carbons (Fsp3) is 0.364. The summed E-state index contributed by atoms with van der Waals surface area (Å²) in [6, 6.07) is 22.3. The third kappa shape index (κ3) is 7.79. The Morgan fingerprint density at radius 1 is 0.590 bits per heavy atom. The zero-order valence-electron chi connectivity index (χ0n) is 23.4. The van der Waals surface area contributed by atoms with Crippen LogP contribution in [0.3, 0.4) is 0 Å². The second-order valence-electron chi connectivity index (χ2n) is 9.73. The maximum absolute atomic E-state index is 13.5. The van der Waals surface area contributed by atoms with Gasteiger partial charge >= 0.3 is 17.9 Å². The lowest BCUT2D eigenvalue weighted by Crippen LogP contribution is -2.24. The molecule has 3 aromatic carbocycles. The molecule has 0 spiro atoms. The van der Waals surface area contributed by atoms with E-state index in [4.69, 9.17) is 14.2 Å². The van der Waals surface area contributed by atoms with Gasteiger partial charge in [0.15, 0.2) is 0 Å². The first kappa shape index (κ1) is 29.6. The normalized spacial score (nSPS) is 11.8. The van der Waals surface area contributed by atoms with Crippen LogP contribution in [-0.4, -0.2) is 37.7 Å². The minimum Gasteiger partial charge on any atom is -0.465 e. The molecule has 0 fully saturated rings. The molecule has 0 saturated carbocycles. The van der Waals surface area contributed by atoms with Crippen molar-refractivity contribution in [3.8, 4) is 0 Å². The first-order valence-corrected chi connectivity index (χ1v) is 13.6. The van der Waals surface area contributed by atoms with E-state index in [1.165, 1.54) is 5.56 Å². The van der Waals surface area contributed by atoms with Crippen molar-refractivity contribution in [2.45, 2.75) is 52.9 Å². The molecule has 0 aliphatic carbocycles. The highest BCUT2D eigenvalue weighted by atomic mass is 16.5. The topological polar surface area (TPSA) is 78.9 Å². The molecule has 6 nitrogen and oxygen atoms in total. The predicted molar refractivity (Wildman–Crippen MR) is 151 cm³/mol. The molecular weight excluding hydrogens is 492 g/mol. The minimum atomic E-state index is -0.653. The number of esters is 3. The molecule has 1 unspecified atom stereocenters. The van der Waals surface area contributed by atoms with Crippen molar-refractivity contribution in [3.05, 3.63) is 106 Å². The molecule has 0 aliphatic heterocycles. The van der Waals surface area contributed by atoms with Gasteiger partial charge in [-0.05, 0) is 79.6 Å². The van der Waals surface area contributed by atoms with Crippen LogP contribution >= 0.6 is 0 Å². The highest BCUT2D eigenvalue weighted by molar-refractivity contribution is 5.90. The summed E-state index contributed by atoms with van der Waals surface area (Å²) in [4.78, 5) is 38.1. The second-order valence-corrected chi connectivity index (χ2v) is 9.73. The molecule has 3 aromatic rings. The molecule has 0 bridgehead atoms. The van der Waals surface area contributed by atoms with E-state index in [2.05, 4.69) is 26.0 Å². The first-order chi connectivity index (χ1) is 18.8. The standard InChI is InChI=1S/C33H38O6/c1-6-37-31(34)27-17-13-24(14-18-27)29(25-15-19-28(20-16-25)32(35)38-7-2)30(33(36)39-8-3)26-11-9-23(10-12-26)21-22(4)5/h9-20,22,29-30H,6-8,21H2,1-5H3. The van der Waals surface area contributed by atoms with Gasteiger partial charge in [0, 0.05) is 5.92 Å². The van der Waals surface area contributed by atoms with Gasteiger partial charge in [0.2, 0.25) is 0 Å². The number of carbonyl (C=O) groups excluding carboxylic acids is 3. The van der Waals surface area contributed by atoms with Gasteiger partial charge < -0.3 is 14.2 Å². The van der Waals surface area contributed by atoms with E-state index >= 15 is 0 Å². The molecule has 39 heavy (non-hydrogen) atoms. The van der Waals surface area contributed by atoms with Crippen molar-refractivity contribution in [1.82, 2.24) is 0 Å². The summed E-state index contributed by atoms with van der Waals surface area (Å²) >= 11 is 0. The Hall–Kier alpha value is -3.93. The summed E-state index contributed by atoms with van der Waals surface area (Å²) in [6.07, 6.45) is 0.943. The summed E-state index contributed by atoms with van der Waals surface area (Å²) in [5, 5.41) is 0. The molecule has 0 saturated heterocycles. The molecule has 0 aliphatic rings. The van der Waals surface area contributed by atoms with Crippen molar-refractivity contribution in [2.75, 3.05) is 19.8 Å². The van der Waals surface area contributed by atoms with E-state index in [0.29, 0.717) is 17.0 Å². The molecule has 0 radical (unpaired) electrons. The monoisotopic (exact) mass is 530 g/mol. The first-order valence-electron chi connectivity index (χ1n) is 13.6. The van der Waals surface area contributed by atoms with Crippen LogP contribution in [0.5, 0.6) is 0 Å². The number of carbonyl (C=O) groups is 3. The fourth-order valence-electron chi connectivity index (χ4n) is 4.69. The maximum Gasteiger partial charge on any atom is 0.338 e. The van der Waals surface area contributed by atoms with Gasteiger partial charge in [-0.2, -0.15) is 0 Å². The lowest BCUT2D eigenvalue weighted by molar-refractivity contribution is -0.145. The summed E-state index contributed by atoms with van der Waals surface area (Å²) in [7, 11) is 0. The van der Waals surface area contributed by atoms with Crippen LogP contribution in [0.2, 0.25) is 0 Å². The van der Waals surface area contributed by atoms with Gasteiger partial charge in [-0.1, -0.05) is 62.4 Å². The van der Waals surface area contributed by atoms with Gasteiger partial charge in [0.25, 0.3) is 0 Å². The molecule has 0 N–H and O–H groups in total. The quantitative estimate of drug-likeness (QED) is 0.191. The molecule has 1 atom stereocenters. The Morgan fingerprint density at radius 3 is 1.38 bits per heavy atom. The zero-order chi connectivity index (χ0) is 28.4. The number of rotatable bonds is 12. The molecule has 0 aromatic heterocycles. The third-order valence-electron chi connectivity index (χ3n) is 6.42. The summed E-state index contributed by atoms with van der Waals surface area (Å²) in [5.74, 6) is -1.72. The number of hydrogen-bond donors (Lipinski definition) is 0. The molecular formula is C33H38O6. The van der Waals surface area contributed by atoms with Crippen molar-refractivity contribution in [3.63, 3.8) is 0 Å². The zero-order valence-corrected chi connectivity index (χ0v) is 23.4. The lowest BCUT2D eigenvalue weighted by atomic mass is 9.76. The number of hydrogen-bond acceptors (Lipinski definition) is 6. The van der Waals surface area contributed by atoms with Crippen LogP contribution in [0.4, 0.5) is 0 Å². The van der Waals surface area contributed by atoms with Crippen molar-refractivity contribution < 1.29 is 28.6 Å². The smallest absolute Gasteiger partial charge is 0.338 e. The summed E-state index contributed by atoms with van der Waals surface area (Å²) in [5.41, 5.74) is 4.55. The van der Waals surface area contributed by atoms with Gasteiger partial charge in [-0.15, -0.1) is 0 Å². The molecule has 3 rings (SSSR count). The van der Waals surface area contributed by atoms with Crippen molar-refractivity contribution >= 4 is 17.9 Å². The van der Waals surface area contributed by atoms with Crippen LogP contribution in [0.25, 0.3) is 0 Å². The molecule has 0 amide bonds. The van der Waals surface area contributed by atoms with Gasteiger partial charge in [0.05, 0.1) is 36.9 Å². The Labute approximate surface area is 231 Å². The Balaban J connectivity index is 2.12. The average Bonchev–Trinajstić information content (AvgIpc) is 2.92. The Kier molecular flexibility index (Phi) is 10.9. The van der Waals surface area contributed by atoms with Gasteiger partial charge in [-0.3, -0.25) is 4.79 Å². The van der Waals surface area contributed by atoms with Gasteiger partial charge in [0.1, 0.15) is 0 Å². The average molecular weight is 531 g/mol. The van der Waals surface area contributed by atoms with Crippen LogP contribution < -0.4 is 0 Å². The van der Waals surface area contributed by atoms with E-state index in [1.807, 2.05) is 36.4 Å². The van der Waals surface area contributed by atoms with Crippen molar-refractivity contribution in [2.24, 2.45) is 5.92 Å². The van der Waals surface area contributed by atoms with Crippen LogP contribution in [0.1, 0.15) is 89.4 Å². The van der Waals surface area contributed by atoms with Crippen LogP contribution in [-0.2, 0) is 25.4 Å². The predicted octanol–water partition coefficient (Wildman–Crippen LogP) is 6.72. The minimum absolute atomic E-state index is 0.247. The maximum atomic E-state index is 13.5. The lowest BCUT2D eigenvalue weighted by Gasteiger charge is -2.27. The summed E-state index contributed by atoms with van der Waals surface area (Å²) < 4.78 is 15.9. The van der Waals surface area contributed by atoms with Gasteiger partial charge in [-0.25, -0.2) is 9.59 Å². The number of ether oxygens (including phenoxy) is 3. The number of benzene rings is 3. The second kappa shape index (κ2) is 14.3. The Morgan fingerprint density at radius 2 is 1.00 bits per heavy atom. The largest absolute Gasteiger partial charge is 0.465 e. The van der Waals surface area contributed by atoms with Crippen molar-refractivity contribution in [1.29, 1.82) is 0 Å². The highest BCUT2D eigenvalue weighted by Gasteiger charge is 2.34.